The van der Waals surface area contributed by atoms with E-state index in [-0.39, 0.29) is 36.7 Å². The highest BCUT2D eigenvalue weighted by Gasteiger charge is 2.19. The number of ether oxygens (including phenoxy) is 2. The highest BCUT2D eigenvalue weighted by atomic mass is 19.1. The topological polar surface area (TPSA) is 108 Å². The van der Waals surface area contributed by atoms with Crippen molar-refractivity contribution in [1.29, 1.82) is 0 Å². The summed E-state index contributed by atoms with van der Waals surface area (Å²) in [6.07, 6.45) is 1.66. The lowest BCUT2D eigenvalue weighted by atomic mass is 10.1. The first-order chi connectivity index (χ1) is 15.0. The molecule has 31 heavy (non-hydrogen) atoms. The number of halogens is 1. The van der Waals surface area contributed by atoms with Gasteiger partial charge in [-0.05, 0) is 42.5 Å². The molecule has 4 rings (SSSR count). The Bertz CT molecular complexity index is 1140. The van der Waals surface area contributed by atoms with Crippen molar-refractivity contribution in [1.82, 2.24) is 4.98 Å². The summed E-state index contributed by atoms with van der Waals surface area (Å²) in [6, 6.07) is 10.4. The minimum absolute atomic E-state index is 0.0231. The number of esters is 1. The van der Waals surface area contributed by atoms with Gasteiger partial charge in [-0.1, -0.05) is 0 Å². The second-order valence-electron chi connectivity index (χ2n) is 6.76. The van der Waals surface area contributed by atoms with Crippen molar-refractivity contribution in [2.24, 2.45) is 0 Å². The van der Waals surface area contributed by atoms with Crippen molar-refractivity contribution in [3.05, 3.63) is 65.9 Å². The summed E-state index contributed by atoms with van der Waals surface area (Å²) in [5.74, 6) is -0.392. The smallest absolute Gasteiger partial charge is 0.306 e. The molecule has 158 valence electrons. The zero-order valence-electron chi connectivity index (χ0n) is 16.2. The van der Waals surface area contributed by atoms with E-state index in [2.05, 4.69) is 10.3 Å². The van der Waals surface area contributed by atoms with E-state index in [1.165, 1.54) is 30.5 Å². The minimum atomic E-state index is -0.579. The first-order valence-electron chi connectivity index (χ1n) is 9.44. The normalized spacial score (nSPS) is 12.5. The third-order valence-corrected chi connectivity index (χ3v) is 4.52. The van der Waals surface area contributed by atoms with Crippen molar-refractivity contribution >= 4 is 23.3 Å². The van der Waals surface area contributed by atoms with Gasteiger partial charge in [0.05, 0.1) is 18.3 Å². The second-order valence-corrected chi connectivity index (χ2v) is 6.76. The quantitative estimate of drug-likeness (QED) is 0.458. The SMILES string of the molecule is O=C1COc2ccc(C(=O)COC(=O)CCc3ncc(-c4ccc(F)cc4)o3)cc2N1. The molecule has 0 bridgehead atoms. The number of benzene rings is 2. The number of hydrogen-bond acceptors (Lipinski definition) is 7. The Balaban J connectivity index is 1.27. The number of anilines is 1. The van der Waals surface area contributed by atoms with Crippen LogP contribution in [-0.4, -0.2) is 35.9 Å². The van der Waals surface area contributed by atoms with Gasteiger partial charge in [-0.25, -0.2) is 9.37 Å². The number of fused-ring (bicyclic) bond motifs is 1. The molecule has 0 fully saturated rings. The van der Waals surface area contributed by atoms with Crippen molar-refractivity contribution in [2.45, 2.75) is 12.8 Å². The van der Waals surface area contributed by atoms with Crippen LogP contribution in [0.4, 0.5) is 10.1 Å². The zero-order valence-corrected chi connectivity index (χ0v) is 16.2. The molecular weight excluding hydrogens is 407 g/mol. The van der Waals surface area contributed by atoms with Gasteiger partial charge in [0.2, 0.25) is 0 Å². The first kappa shape index (κ1) is 20.3. The zero-order chi connectivity index (χ0) is 21.8. The number of nitrogens with one attached hydrogen (secondary N) is 1. The van der Waals surface area contributed by atoms with Gasteiger partial charge >= 0.3 is 5.97 Å². The number of rotatable bonds is 7. The van der Waals surface area contributed by atoms with E-state index >= 15 is 0 Å². The van der Waals surface area contributed by atoms with E-state index in [1.54, 1.807) is 18.2 Å². The number of hydrogen-bond donors (Lipinski definition) is 1. The summed E-state index contributed by atoms with van der Waals surface area (Å²) in [5, 5.41) is 2.62. The Morgan fingerprint density at radius 1 is 1.16 bits per heavy atom. The first-order valence-corrected chi connectivity index (χ1v) is 9.44. The molecule has 2 heterocycles. The number of aryl methyl sites for hydroxylation is 1. The summed E-state index contributed by atoms with van der Waals surface area (Å²) in [5.41, 5.74) is 1.35. The number of carbonyl (C=O) groups excluding carboxylic acids is 3. The van der Waals surface area contributed by atoms with Crippen LogP contribution < -0.4 is 10.1 Å². The molecule has 0 saturated carbocycles. The van der Waals surface area contributed by atoms with Gasteiger partial charge < -0.3 is 19.2 Å². The van der Waals surface area contributed by atoms with Gasteiger partial charge in [0.25, 0.3) is 5.91 Å². The van der Waals surface area contributed by atoms with E-state index in [1.807, 2.05) is 0 Å². The van der Waals surface area contributed by atoms with E-state index < -0.39 is 18.4 Å². The van der Waals surface area contributed by atoms with E-state index in [0.717, 1.165) is 0 Å². The number of aromatic nitrogens is 1. The van der Waals surface area contributed by atoms with Crippen LogP contribution in [0.25, 0.3) is 11.3 Å². The fraction of sp³-hybridized carbons (Fsp3) is 0.182. The summed E-state index contributed by atoms with van der Waals surface area (Å²) >= 11 is 0. The van der Waals surface area contributed by atoms with Gasteiger partial charge in [0.1, 0.15) is 11.6 Å². The summed E-state index contributed by atoms with van der Waals surface area (Å²) in [6.45, 7) is -0.507. The van der Waals surface area contributed by atoms with Gasteiger partial charge in [0.15, 0.2) is 30.6 Å². The van der Waals surface area contributed by atoms with Crippen LogP contribution in [0.2, 0.25) is 0 Å². The molecule has 0 atom stereocenters. The third-order valence-electron chi connectivity index (χ3n) is 4.52. The highest BCUT2D eigenvalue weighted by molar-refractivity contribution is 6.01. The highest BCUT2D eigenvalue weighted by Crippen LogP contribution is 2.28. The maximum atomic E-state index is 13.0. The predicted octanol–water partition coefficient (Wildman–Crippen LogP) is 3.17. The van der Waals surface area contributed by atoms with E-state index in [0.29, 0.717) is 28.7 Å². The monoisotopic (exact) mass is 424 g/mol. The molecule has 2 aromatic carbocycles. The Morgan fingerprint density at radius 2 is 1.97 bits per heavy atom. The Morgan fingerprint density at radius 3 is 2.77 bits per heavy atom. The number of Topliss-reactive ketones (excluding diaryl/α,β-unsaturated/α-hetero) is 1. The molecule has 0 unspecified atom stereocenters. The number of nitrogens with zero attached hydrogens (tertiary/aromatic N) is 1. The van der Waals surface area contributed by atoms with Crippen LogP contribution in [0, 0.1) is 5.82 Å². The maximum Gasteiger partial charge on any atom is 0.306 e. The largest absolute Gasteiger partial charge is 0.482 e. The number of carbonyl (C=O) groups is 3. The molecule has 1 N–H and O–H groups in total. The predicted molar refractivity (Wildman–Crippen MR) is 106 cm³/mol. The van der Waals surface area contributed by atoms with Crippen molar-refractivity contribution in [2.75, 3.05) is 18.5 Å². The summed E-state index contributed by atoms with van der Waals surface area (Å²) in [7, 11) is 0. The lowest BCUT2D eigenvalue weighted by Gasteiger charge is -2.18. The van der Waals surface area contributed by atoms with Crippen LogP contribution in [0.15, 0.2) is 53.1 Å². The van der Waals surface area contributed by atoms with Gasteiger partial charge in [-0.2, -0.15) is 0 Å². The lowest BCUT2D eigenvalue weighted by molar-refractivity contribution is -0.142. The fourth-order valence-electron chi connectivity index (χ4n) is 2.94. The molecule has 0 radical (unpaired) electrons. The van der Waals surface area contributed by atoms with Crippen LogP contribution >= 0.6 is 0 Å². The average Bonchev–Trinajstić information content (AvgIpc) is 3.25. The maximum absolute atomic E-state index is 13.0. The average molecular weight is 424 g/mol. The van der Waals surface area contributed by atoms with Crippen molar-refractivity contribution in [3.8, 4) is 17.1 Å². The van der Waals surface area contributed by atoms with E-state index in [4.69, 9.17) is 13.9 Å². The van der Waals surface area contributed by atoms with Crippen LogP contribution in [0.5, 0.6) is 5.75 Å². The molecular formula is C22H17FN2O6. The minimum Gasteiger partial charge on any atom is -0.482 e. The number of oxazole rings is 1. The molecule has 0 spiro atoms. The van der Waals surface area contributed by atoms with Crippen LogP contribution in [0.3, 0.4) is 0 Å². The molecule has 8 nitrogen and oxygen atoms in total. The van der Waals surface area contributed by atoms with Gasteiger partial charge in [-0.15, -0.1) is 0 Å². The standard InChI is InChI=1S/C22H17FN2O6/c23-15-4-1-13(2-5-15)19-10-24-21(31-19)7-8-22(28)30-11-17(26)14-3-6-18-16(9-14)25-20(27)12-29-18/h1-6,9-10H,7-8,11-12H2,(H,25,27). The molecule has 1 aliphatic heterocycles. The summed E-state index contributed by atoms with van der Waals surface area (Å²) in [4.78, 5) is 39.7. The van der Waals surface area contributed by atoms with Gasteiger partial charge in [-0.3, -0.25) is 14.4 Å². The Kier molecular flexibility index (Phi) is 5.74. The molecule has 9 heteroatoms. The summed E-state index contributed by atoms with van der Waals surface area (Å²) < 4.78 is 28.8. The molecule has 1 aromatic heterocycles. The fourth-order valence-corrected chi connectivity index (χ4v) is 2.94. The second kappa shape index (κ2) is 8.78. The Hall–Kier alpha value is -4.01. The van der Waals surface area contributed by atoms with Crippen LogP contribution in [-0.2, 0) is 20.7 Å². The van der Waals surface area contributed by atoms with Crippen molar-refractivity contribution < 1.29 is 32.7 Å². The third kappa shape index (κ3) is 4.95. The molecule has 3 aromatic rings. The lowest BCUT2D eigenvalue weighted by Crippen LogP contribution is -2.25. The Labute approximate surface area is 176 Å². The molecule has 0 aliphatic carbocycles. The molecule has 1 aliphatic rings. The number of ketones is 1. The van der Waals surface area contributed by atoms with Crippen molar-refractivity contribution in [3.63, 3.8) is 0 Å². The van der Waals surface area contributed by atoms with Gasteiger partial charge in [0, 0.05) is 17.5 Å². The molecule has 1 amide bonds. The van der Waals surface area contributed by atoms with E-state index in [9.17, 15) is 18.8 Å². The number of amides is 1. The molecule has 0 saturated heterocycles. The van der Waals surface area contributed by atoms with Crippen LogP contribution in [0.1, 0.15) is 22.7 Å².